The number of aromatic hydroxyl groups is 1. The standard InChI is InChI=1S/C14H14N2O3/c17-12-5-14-13(18-9-19-14)4-11(12)8-16-7-10-2-1-3-15-6-10/h1-6,16-17H,7-9H2. The van der Waals surface area contributed by atoms with Gasteiger partial charge in [0, 0.05) is 37.1 Å². The van der Waals surface area contributed by atoms with Crippen LogP contribution in [0.4, 0.5) is 0 Å². The predicted octanol–water partition coefficient (Wildman–Crippen LogP) is 1.81. The minimum atomic E-state index is 0.210. The molecular formula is C14H14N2O3. The maximum absolute atomic E-state index is 9.88. The third-order valence-corrected chi connectivity index (χ3v) is 2.94. The number of pyridine rings is 1. The van der Waals surface area contributed by atoms with Crippen LogP contribution >= 0.6 is 0 Å². The predicted molar refractivity (Wildman–Crippen MR) is 69.0 cm³/mol. The molecule has 0 aliphatic carbocycles. The fourth-order valence-electron chi connectivity index (χ4n) is 1.96. The molecule has 2 aromatic rings. The molecule has 5 heteroatoms. The summed E-state index contributed by atoms with van der Waals surface area (Å²) in [6.45, 7) is 1.46. The number of nitrogens with one attached hydrogen (secondary N) is 1. The Hall–Kier alpha value is -2.27. The molecule has 0 fully saturated rings. The van der Waals surface area contributed by atoms with Gasteiger partial charge in [0.05, 0.1) is 0 Å². The number of benzene rings is 1. The highest BCUT2D eigenvalue weighted by Gasteiger charge is 2.16. The first-order chi connectivity index (χ1) is 9.33. The Morgan fingerprint density at radius 3 is 2.84 bits per heavy atom. The number of phenols is 1. The van der Waals surface area contributed by atoms with Gasteiger partial charge in [-0.05, 0) is 17.7 Å². The lowest BCUT2D eigenvalue weighted by Crippen LogP contribution is -2.12. The molecule has 0 amide bonds. The third kappa shape index (κ3) is 2.61. The van der Waals surface area contributed by atoms with Crippen LogP contribution in [0.25, 0.3) is 0 Å². The maximum atomic E-state index is 9.88. The number of rotatable bonds is 4. The van der Waals surface area contributed by atoms with E-state index >= 15 is 0 Å². The zero-order valence-electron chi connectivity index (χ0n) is 10.3. The highest BCUT2D eigenvalue weighted by molar-refractivity contribution is 5.51. The summed E-state index contributed by atoms with van der Waals surface area (Å²) >= 11 is 0. The molecule has 19 heavy (non-hydrogen) atoms. The van der Waals surface area contributed by atoms with Gasteiger partial charge in [-0.2, -0.15) is 0 Å². The van der Waals surface area contributed by atoms with Gasteiger partial charge in [-0.3, -0.25) is 4.98 Å². The van der Waals surface area contributed by atoms with Gasteiger partial charge in [-0.25, -0.2) is 0 Å². The number of phenolic OH excluding ortho intramolecular Hbond substituents is 1. The molecule has 0 unspecified atom stereocenters. The molecule has 0 saturated carbocycles. The highest BCUT2D eigenvalue weighted by atomic mass is 16.7. The Morgan fingerprint density at radius 1 is 1.21 bits per heavy atom. The molecule has 0 radical (unpaired) electrons. The Labute approximate surface area is 110 Å². The summed E-state index contributed by atoms with van der Waals surface area (Å²) in [7, 11) is 0. The summed E-state index contributed by atoms with van der Waals surface area (Å²) < 4.78 is 10.5. The largest absolute Gasteiger partial charge is 0.507 e. The summed E-state index contributed by atoms with van der Waals surface area (Å²) in [5.41, 5.74) is 1.89. The Balaban J connectivity index is 1.64. The van der Waals surface area contributed by atoms with Crippen LogP contribution in [0.15, 0.2) is 36.7 Å². The molecule has 98 valence electrons. The SMILES string of the molecule is Oc1cc2c(cc1CNCc1cccnc1)OCO2. The van der Waals surface area contributed by atoms with E-state index in [1.54, 1.807) is 18.3 Å². The summed E-state index contributed by atoms with van der Waals surface area (Å²) in [6.07, 6.45) is 3.56. The Kier molecular flexibility index (Phi) is 3.20. The second-order valence-electron chi connectivity index (χ2n) is 4.30. The Morgan fingerprint density at radius 2 is 2.05 bits per heavy atom. The van der Waals surface area contributed by atoms with Gasteiger partial charge in [0.2, 0.25) is 6.79 Å². The van der Waals surface area contributed by atoms with Gasteiger partial charge in [0.1, 0.15) is 5.75 Å². The van der Waals surface area contributed by atoms with Crippen molar-refractivity contribution in [1.29, 1.82) is 0 Å². The van der Waals surface area contributed by atoms with Crippen molar-refractivity contribution in [3.05, 3.63) is 47.8 Å². The third-order valence-electron chi connectivity index (χ3n) is 2.94. The van der Waals surface area contributed by atoms with E-state index in [0.717, 1.165) is 11.1 Å². The monoisotopic (exact) mass is 258 g/mol. The normalized spacial score (nSPS) is 12.6. The summed E-state index contributed by atoms with van der Waals surface area (Å²) in [6, 6.07) is 7.28. The van der Waals surface area contributed by atoms with Crippen LogP contribution in [-0.4, -0.2) is 16.9 Å². The summed E-state index contributed by atoms with van der Waals surface area (Å²) in [4.78, 5) is 4.05. The van der Waals surface area contributed by atoms with E-state index in [1.165, 1.54) is 0 Å². The zero-order valence-corrected chi connectivity index (χ0v) is 10.3. The van der Waals surface area contributed by atoms with Crippen LogP contribution in [0, 0.1) is 0 Å². The summed E-state index contributed by atoms with van der Waals surface area (Å²) in [5, 5.41) is 13.1. The van der Waals surface area contributed by atoms with Crippen molar-refractivity contribution in [1.82, 2.24) is 10.3 Å². The molecule has 2 N–H and O–H groups in total. The number of hydrogen-bond acceptors (Lipinski definition) is 5. The van der Waals surface area contributed by atoms with E-state index in [-0.39, 0.29) is 12.5 Å². The van der Waals surface area contributed by atoms with Gasteiger partial charge in [0.25, 0.3) is 0 Å². The smallest absolute Gasteiger partial charge is 0.231 e. The van der Waals surface area contributed by atoms with Crippen LogP contribution in [0.5, 0.6) is 17.2 Å². The van der Waals surface area contributed by atoms with Gasteiger partial charge in [-0.15, -0.1) is 0 Å². The maximum Gasteiger partial charge on any atom is 0.231 e. The topological polar surface area (TPSA) is 63.6 Å². The first-order valence-electron chi connectivity index (χ1n) is 6.04. The first-order valence-corrected chi connectivity index (χ1v) is 6.04. The quantitative estimate of drug-likeness (QED) is 0.875. The second-order valence-corrected chi connectivity index (χ2v) is 4.30. The van der Waals surface area contributed by atoms with Crippen LogP contribution in [0.3, 0.4) is 0 Å². The van der Waals surface area contributed by atoms with E-state index < -0.39 is 0 Å². The second kappa shape index (κ2) is 5.16. The van der Waals surface area contributed by atoms with Crippen LogP contribution < -0.4 is 14.8 Å². The van der Waals surface area contributed by atoms with Crippen molar-refractivity contribution in [3.63, 3.8) is 0 Å². The number of ether oxygens (including phenoxy) is 2. The van der Waals surface area contributed by atoms with Crippen LogP contribution in [0.2, 0.25) is 0 Å². The fourth-order valence-corrected chi connectivity index (χ4v) is 1.96. The first kappa shape index (κ1) is 11.8. The van der Waals surface area contributed by atoms with E-state index in [2.05, 4.69) is 10.3 Å². The molecule has 0 spiro atoms. The lowest BCUT2D eigenvalue weighted by molar-refractivity contribution is 0.174. The lowest BCUT2D eigenvalue weighted by Gasteiger charge is -2.08. The van der Waals surface area contributed by atoms with E-state index in [9.17, 15) is 5.11 Å². The molecule has 1 aromatic heterocycles. The summed E-state index contributed by atoms with van der Waals surface area (Å²) in [5.74, 6) is 1.48. The molecule has 0 saturated heterocycles. The molecule has 1 aliphatic heterocycles. The van der Waals surface area contributed by atoms with Gasteiger partial charge in [0.15, 0.2) is 11.5 Å². The molecule has 0 atom stereocenters. The van der Waals surface area contributed by atoms with Crippen molar-refractivity contribution < 1.29 is 14.6 Å². The van der Waals surface area contributed by atoms with Crippen molar-refractivity contribution in [2.75, 3.05) is 6.79 Å². The van der Waals surface area contributed by atoms with E-state index in [0.29, 0.717) is 24.6 Å². The molecular weight excluding hydrogens is 244 g/mol. The average Bonchev–Trinajstić information content (AvgIpc) is 2.87. The molecule has 5 nitrogen and oxygen atoms in total. The van der Waals surface area contributed by atoms with Gasteiger partial charge in [-0.1, -0.05) is 6.07 Å². The molecule has 1 aromatic carbocycles. The molecule has 2 heterocycles. The lowest BCUT2D eigenvalue weighted by atomic mass is 10.1. The van der Waals surface area contributed by atoms with E-state index in [1.807, 2.05) is 18.3 Å². The van der Waals surface area contributed by atoms with Crippen molar-refractivity contribution in [3.8, 4) is 17.2 Å². The van der Waals surface area contributed by atoms with Crippen molar-refractivity contribution in [2.45, 2.75) is 13.1 Å². The molecule has 3 rings (SSSR count). The van der Waals surface area contributed by atoms with Crippen LogP contribution in [0.1, 0.15) is 11.1 Å². The van der Waals surface area contributed by atoms with Crippen molar-refractivity contribution >= 4 is 0 Å². The highest BCUT2D eigenvalue weighted by Crippen LogP contribution is 2.37. The van der Waals surface area contributed by atoms with E-state index in [4.69, 9.17) is 9.47 Å². The van der Waals surface area contributed by atoms with Crippen LogP contribution in [-0.2, 0) is 13.1 Å². The minimum absolute atomic E-state index is 0.210. The van der Waals surface area contributed by atoms with Crippen molar-refractivity contribution in [2.24, 2.45) is 0 Å². The van der Waals surface area contributed by atoms with Gasteiger partial charge < -0.3 is 19.9 Å². The Bertz CT molecular complexity index is 572. The molecule has 0 bridgehead atoms. The zero-order chi connectivity index (χ0) is 13.1. The number of nitrogens with zero attached hydrogens (tertiary/aromatic N) is 1. The number of aromatic nitrogens is 1. The van der Waals surface area contributed by atoms with Gasteiger partial charge >= 0.3 is 0 Å². The molecule has 1 aliphatic rings. The number of fused-ring (bicyclic) bond motifs is 1. The fraction of sp³-hybridized carbons (Fsp3) is 0.214. The number of hydrogen-bond donors (Lipinski definition) is 2. The average molecular weight is 258 g/mol. The minimum Gasteiger partial charge on any atom is -0.507 e.